The van der Waals surface area contributed by atoms with Gasteiger partial charge in [0.1, 0.15) is 18.3 Å². The van der Waals surface area contributed by atoms with Gasteiger partial charge in [-0.3, -0.25) is 0 Å². The molecule has 0 aromatic heterocycles. The molecule has 0 aliphatic carbocycles. The van der Waals surface area contributed by atoms with Crippen molar-refractivity contribution in [2.24, 2.45) is 5.16 Å². The van der Waals surface area contributed by atoms with Crippen molar-refractivity contribution in [2.75, 3.05) is 6.61 Å². The topological polar surface area (TPSA) is 69.5 Å². The van der Waals surface area contributed by atoms with Crippen LogP contribution in [-0.2, 0) is 38.8 Å². The number of nitrogens with zero attached hydrogens (tertiary/aromatic N) is 1. The Balaban J connectivity index is 1.50. The third-order valence-electron chi connectivity index (χ3n) is 5.53. The van der Waals surface area contributed by atoms with Crippen molar-refractivity contribution in [3.8, 4) is 0 Å². The minimum absolute atomic E-state index is 0.319. The van der Waals surface area contributed by atoms with Gasteiger partial charge in [0.25, 0.3) is 0 Å². The molecule has 0 fully saturated rings. The maximum absolute atomic E-state index is 9.20. The van der Waals surface area contributed by atoms with Crippen LogP contribution in [0.15, 0.2) is 108 Å². The normalized spacial score (nSPS) is 20.1. The van der Waals surface area contributed by atoms with E-state index >= 15 is 0 Å². The molecule has 0 spiro atoms. The minimum Gasteiger partial charge on any atom is -0.492 e. The zero-order chi connectivity index (χ0) is 23.4. The molecular formula is C28H29NO5. The molecule has 0 saturated carbocycles. The zero-order valence-corrected chi connectivity index (χ0v) is 18.9. The van der Waals surface area contributed by atoms with Crippen molar-refractivity contribution in [3.63, 3.8) is 0 Å². The first-order valence-electron chi connectivity index (χ1n) is 11.3. The fourth-order valence-electron chi connectivity index (χ4n) is 3.78. The number of oxime groups is 1. The van der Waals surface area contributed by atoms with Gasteiger partial charge in [0.15, 0.2) is 0 Å². The lowest BCUT2D eigenvalue weighted by molar-refractivity contribution is -0.149. The third-order valence-corrected chi connectivity index (χ3v) is 5.53. The van der Waals surface area contributed by atoms with Crippen LogP contribution < -0.4 is 0 Å². The number of ether oxygens (including phenoxy) is 4. The van der Waals surface area contributed by atoms with Crippen molar-refractivity contribution in [3.05, 3.63) is 120 Å². The smallest absolute Gasteiger partial charge is 0.150 e. The van der Waals surface area contributed by atoms with Crippen molar-refractivity contribution < 1.29 is 24.2 Å². The quantitative estimate of drug-likeness (QED) is 0.245. The predicted molar refractivity (Wildman–Crippen MR) is 129 cm³/mol. The predicted octanol–water partition coefficient (Wildman–Crippen LogP) is 5.12. The number of hydrogen-bond donors (Lipinski definition) is 1. The fourth-order valence-corrected chi connectivity index (χ4v) is 3.78. The molecule has 3 aromatic rings. The van der Waals surface area contributed by atoms with Crippen molar-refractivity contribution >= 4 is 6.21 Å². The van der Waals surface area contributed by atoms with E-state index in [-0.39, 0.29) is 0 Å². The highest BCUT2D eigenvalue weighted by molar-refractivity contribution is 5.79. The summed E-state index contributed by atoms with van der Waals surface area (Å²) in [5.74, 6) is 0. The maximum atomic E-state index is 9.20. The molecule has 34 heavy (non-hydrogen) atoms. The highest BCUT2D eigenvalue weighted by atomic mass is 16.6. The lowest BCUT2D eigenvalue weighted by Crippen LogP contribution is -2.48. The van der Waals surface area contributed by atoms with Crippen LogP contribution in [0.2, 0.25) is 0 Å². The molecule has 176 valence electrons. The van der Waals surface area contributed by atoms with E-state index in [0.717, 1.165) is 16.7 Å². The van der Waals surface area contributed by atoms with Crippen LogP contribution >= 0.6 is 0 Å². The van der Waals surface area contributed by atoms with E-state index in [1.165, 1.54) is 6.21 Å². The van der Waals surface area contributed by atoms with E-state index in [1.54, 1.807) is 6.26 Å². The van der Waals surface area contributed by atoms with Gasteiger partial charge in [-0.1, -0.05) is 96.2 Å². The second kappa shape index (κ2) is 12.7. The monoisotopic (exact) mass is 459 g/mol. The van der Waals surface area contributed by atoms with Gasteiger partial charge in [-0.2, -0.15) is 0 Å². The van der Waals surface area contributed by atoms with Crippen molar-refractivity contribution in [1.29, 1.82) is 0 Å². The van der Waals surface area contributed by atoms with Crippen LogP contribution in [0.3, 0.4) is 0 Å². The summed E-state index contributed by atoms with van der Waals surface area (Å²) >= 11 is 0. The summed E-state index contributed by atoms with van der Waals surface area (Å²) in [4.78, 5) is 0. The molecule has 1 aliphatic rings. The fraction of sp³-hybridized carbons (Fsp3) is 0.250. The van der Waals surface area contributed by atoms with Crippen molar-refractivity contribution in [2.45, 2.75) is 38.1 Å². The molecule has 0 radical (unpaired) electrons. The van der Waals surface area contributed by atoms with Gasteiger partial charge >= 0.3 is 0 Å². The Morgan fingerprint density at radius 1 is 0.735 bits per heavy atom. The third kappa shape index (κ3) is 6.78. The van der Waals surface area contributed by atoms with Gasteiger partial charge in [-0.05, 0) is 16.7 Å². The molecule has 3 aromatic carbocycles. The average molecular weight is 460 g/mol. The summed E-state index contributed by atoms with van der Waals surface area (Å²) in [5.41, 5.74) is 3.75. The van der Waals surface area contributed by atoms with Gasteiger partial charge in [-0.25, -0.2) is 0 Å². The summed E-state index contributed by atoms with van der Waals surface area (Å²) in [7, 11) is 0. The van der Waals surface area contributed by atoms with Crippen molar-refractivity contribution in [1.82, 2.24) is 0 Å². The summed E-state index contributed by atoms with van der Waals surface area (Å²) in [6.07, 6.45) is 1.52. The van der Waals surface area contributed by atoms with E-state index < -0.39 is 18.3 Å². The van der Waals surface area contributed by atoms with E-state index in [1.807, 2.05) is 91.0 Å². The summed E-state index contributed by atoms with van der Waals surface area (Å²) in [6, 6.07) is 29.8. The first-order chi connectivity index (χ1) is 16.8. The second-order valence-corrected chi connectivity index (χ2v) is 8.02. The molecule has 6 heteroatoms. The van der Waals surface area contributed by atoms with Gasteiger partial charge in [0.05, 0.1) is 38.9 Å². The van der Waals surface area contributed by atoms with E-state index in [2.05, 4.69) is 5.16 Å². The number of benzene rings is 3. The average Bonchev–Trinajstić information content (AvgIpc) is 2.89. The SMILES string of the molecule is O/N=C/C1=CO[C@H](COCc2ccccc2)[C@@H](OCc2ccccc2)[C@@H]1OCc1ccccc1. The number of rotatable bonds is 11. The second-order valence-electron chi connectivity index (χ2n) is 8.02. The maximum Gasteiger partial charge on any atom is 0.150 e. The highest BCUT2D eigenvalue weighted by Gasteiger charge is 2.38. The molecule has 0 saturated heterocycles. The summed E-state index contributed by atoms with van der Waals surface area (Å²) in [6.45, 7) is 1.56. The van der Waals surface area contributed by atoms with Crippen LogP contribution in [0.4, 0.5) is 0 Å². The van der Waals surface area contributed by atoms with Gasteiger partial charge in [0.2, 0.25) is 0 Å². The van der Waals surface area contributed by atoms with Crippen LogP contribution in [0, 0.1) is 0 Å². The van der Waals surface area contributed by atoms with Gasteiger partial charge in [0, 0.05) is 5.57 Å². The molecular weight excluding hydrogens is 430 g/mol. The molecule has 1 heterocycles. The molecule has 1 aliphatic heterocycles. The largest absolute Gasteiger partial charge is 0.492 e. The van der Waals surface area contributed by atoms with E-state index in [9.17, 15) is 5.21 Å². The van der Waals surface area contributed by atoms with Crippen LogP contribution in [0.5, 0.6) is 0 Å². The molecule has 6 nitrogen and oxygen atoms in total. The minimum atomic E-state index is -0.501. The van der Waals surface area contributed by atoms with Crippen LogP contribution in [-0.4, -0.2) is 36.3 Å². The highest BCUT2D eigenvalue weighted by Crippen LogP contribution is 2.26. The standard InChI is InChI=1S/C28H29NO5/c30-29-16-25-20-32-26(21-31-17-22-10-4-1-5-11-22)28(34-19-24-14-8-3-9-15-24)27(25)33-18-23-12-6-2-7-13-23/h1-16,20,26-28,30H,17-19,21H2/b29-16+/t26-,27-,28-/m1/s1. The Morgan fingerprint density at radius 2 is 1.26 bits per heavy atom. The zero-order valence-electron chi connectivity index (χ0n) is 18.9. The Kier molecular flexibility index (Phi) is 8.85. The van der Waals surface area contributed by atoms with Gasteiger partial charge < -0.3 is 24.2 Å². The van der Waals surface area contributed by atoms with E-state index in [4.69, 9.17) is 18.9 Å². The lowest BCUT2D eigenvalue weighted by Gasteiger charge is -2.37. The molecule has 1 N–H and O–H groups in total. The van der Waals surface area contributed by atoms with Crippen LogP contribution in [0.25, 0.3) is 0 Å². The molecule has 0 unspecified atom stereocenters. The van der Waals surface area contributed by atoms with E-state index in [0.29, 0.717) is 32.0 Å². The molecule has 0 bridgehead atoms. The summed E-state index contributed by atoms with van der Waals surface area (Å²) < 4.78 is 24.6. The first-order valence-corrected chi connectivity index (χ1v) is 11.3. The van der Waals surface area contributed by atoms with Crippen LogP contribution in [0.1, 0.15) is 16.7 Å². The Labute approximate surface area is 200 Å². The first kappa shape index (κ1) is 23.7. The van der Waals surface area contributed by atoms with Gasteiger partial charge in [-0.15, -0.1) is 0 Å². The molecule has 3 atom stereocenters. The number of hydrogen-bond acceptors (Lipinski definition) is 6. The molecule has 4 rings (SSSR count). The Hall–Kier alpha value is -3.45. The Morgan fingerprint density at radius 3 is 1.82 bits per heavy atom. The summed E-state index contributed by atoms with van der Waals surface area (Å²) in [5, 5.41) is 12.4. The lowest BCUT2D eigenvalue weighted by atomic mass is 9.99. The Bertz CT molecular complexity index is 1040. The molecule has 0 amide bonds.